The lowest BCUT2D eigenvalue weighted by molar-refractivity contribution is -0.0103. The first-order valence-electron chi connectivity index (χ1n) is 12.0. The minimum atomic E-state index is -0.495. The summed E-state index contributed by atoms with van der Waals surface area (Å²) in [6.07, 6.45) is 4.56. The van der Waals surface area contributed by atoms with Crippen molar-refractivity contribution < 1.29 is 23.6 Å². The van der Waals surface area contributed by atoms with Crippen LogP contribution in [0.1, 0.15) is 70.8 Å². The molecule has 0 unspecified atom stereocenters. The molecule has 1 aliphatic heterocycles. The Kier molecular flexibility index (Phi) is 8.38. The summed E-state index contributed by atoms with van der Waals surface area (Å²) in [4.78, 5) is 32.8. The summed E-state index contributed by atoms with van der Waals surface area (Å²) < 4.78 is 19.9. The fourth-order valence-corrected chi connectivity index (χ4v) is 4.11. The quantitative estimate of drug-likeness (QED) is 0.594. The van der Waals surface area contributed by atoms with E-state index >= 15 is 0 Å². The highest BCUT2D eigenvalue weighted by Gasteiger charge is 2.28. The maximum Gasteiger partial charge on any atom is 0.410 e. The molecular formula is C25H37FN4O4. The summed E-state index contributed by atoms with van der Waals surface area (Å²) in [5.74, 6) is -0.169. The van der Waals surface area contributed by atoms with Crippen molar-refractivity contribution in [3.05, 3.63) is 29.6 Å². The number of ether oxygens (including phenoxy) is 1. The van der Waals surface area contributed by atoms with Gasteiger partial charge in [-0.2, -0.15) is 0 Å². The lowest BCUT2D eigenvalue weighted by Gasteiger charge is -2.32. The maximum absolute atomic E-state index is 14.5. The standard InChI is InChI=1S/C25H37FN4O4/c1-25(2,3)33-24(32)30-14-12-20(13-15-30)34-28-19-9-6-17(7-10-19)18-8-11-22(21(26)16-18)27-23(31)29(4)5/h8,11,16-17,20H,6-7,9-10,12-15H2,1-5H3,(H,27,31). The van der Waals surface area contributed by atoms with Crippen LogP contribution in [0.4, 0.5) is 19.7 Å². The van der Waals surface area contributed by atoms with Crippen LogP contribution >= 0.6 is 0 Å². The topological polar surface area (TPSA) is 83.5 Å². The second-order valence-corrected chi connectivity index (χ2v) is 10.3. The van der Waals surface area contributed by atoms with Crippen molar-refractivity contribution in [3.63, 3.8) is 0 Å². The Morgan fingerprint density at radius 1 is 1.12 bits per heavy atom. The monoisotopic (exact) mass is 476 g/mol. The van der Waals surface area contributed by atoms with Gasteiger partial charge in [0.1, 0.15) is 17.5 Å². The van der Waals surface area contributed by atoms with Crippen LogP contribution in [0, 0.1) is 5.82 Å². The highest BCUT2D eigenvalue weighted by atomic mass is 19.1. The highest BCUT2D eigenvalue weighted by Crippen LogP contribution is 2.33. The number of likely N-dealkylation sites (tertiary alicyclic amines) is 1. The number of nitrogens with one attached hydrogen (secondary N) is 1. The van der Waals surface area contributed by atoms with Gasteiger partial charge in [0.2, 0.25) is 0 Å². The minimum Gasteiger partial charge on any atom is -0.444 e. The van der Waals surface area contributed by atoms with E-state index in [1.54, 1.807) is 25.1 Å². The van der Waals surface area contributed by atoms with Gasteiger partial charge in [0.15, 0.2) is 0 Å². The van der Waals surface area contributed by atoms with E-state index in [-0.39, 0.29) is 29.8 Å². The van der Waals surface area contributed by atoms with Gasteiger partial charge in [0.25, 0.3) is 0 Å². The normalized spacial score (nSPS) is 19.4. The molecule has 9 heteroatoms. The number of hydrogen-bond donors (Lipinski definition) is 1. The van der Waals surface area contributed by atoms with Crippen molar-refractivity contribution in [1.29, 1.82) is 0 Å². The molecule has 0 spiro atoms. The summed E-state index contributed by atoms with van der Waals surface area (Å²) >= 11 is 0. The maximum atomic E-state index is 14.5. The molecule has 1 saturated heterocycles. The molecule has 1 aromatic rings. The van der Waals surface area contributed by atoms with Gasteiger partial charge in [-0.25, -0.2) is 14.0 Å². The van der Waals surface area contributed by atoms with E-state index in [4.69, 9.17) is 9.57 Å². The van der Waals surface area contributed by atoms with Gasteiger partial charge < -0.3 is 24.7 Å². The van der Waals surface area contributed by atoms with Gasteiger partial charge in [-0.1, -0.05) is 11.2 Å². The molecule has 3 amide bonds. The zero-order valence-electron chi connectivity index (χ0n) is 20.9. The van der Waals surface area contributed by atoms with Crippen molar-refractivity contribution in [2.75, 3.05) is 32.5 Å². The van der Waals surface area contributed by atoms with Crippen LogP contribution in [0.3, 0.4) is 0 Å². The highest BCUT2D eigenvalue weighted by molar-refractivity contribution is 5.89. The minimum absolute atomic E-state index is 0.00271. The second kappa shape index (κ2) is 11.1. The van der Waals surface area contributed by atoms with Crippen molar-refractivity contribution >= 4 is 23.5 Å². The molecule has 1 saturated carbocycles. The number of hydrogen-bond acceptors (Lipinski definition) is 5. The third-order valence-electron chi connectivity index (χ3n) is 6.10. The molecule has 1 aliphatic carbocycles. The van der Waals surface area contributed by atoms with E-state index in [1.807, 2.05) is 26.8 Å². The Labute approximate surface area is 201 Å². The molecule has 2 fully saturated rings. The van der Waals surface area contributed by atoms with Gasteiger partial charge in [-0.05, 0) is 70.1 Å². The van der Waals surface area contributed by atoms with E-state index in [0.717, 1.165) is 49.8 Å². The first-order valence-corrected chi connectivity index (χ1v) is 12.0. The lowest BCUT2D eigenvalue weighted by Crippen LogP contribution is -2.43. The number of benzene rings is 1. The van der Waals surface area contributed by atoms with Crippen molar-refractivity contribution in [1.82, 2.24) is 9.80 Å². The number of anilines is 1. The average molecular weight is 477 g/mol. The van der Waals surface area contributed by atoms with E-state index in [1.165, 1.54) is 11.0 Å². The summed E-state index contributed by atoms with van der Waals surface area (Å²) in [5.41, 5.74) is 1.66. The molecule has 8 nitrogen and oxygen atoms in total. The molecule has 2 aliphatic rings. The van der Waals surface area contributed by atoms with E-state index in [9.17, 15) is 14.0 Å². The van der Waals surface area contributed by atoms with Crippen molar-refractivity contribution in [3.8, 4) is 0 Å². The third kappa shape index (κ3) is 7.33. The van der Waals surface area contributed by atoms with Gasteiger partial charge in [-0.15, -0.1) is 0 Å². The molecule has 0 aromatic heterocycles. The molecule has 0 bridgehead atoms. The van der Waals surface area contributed by atoms with Crippen LogP contribution in [-0.2, 0) is 9.57 Å². The Bertz CT molecular complexity index is 895. The van der Waals surface area contributed by atoms with Crippen molar-refractivity contribution in [2.24, 2.45) is 5.16 Å². The van der Waals surface area contributed by atoms with Gasteiger partial charge in [0.05, 0.1) is 11.4 Å². The SMILES string of the molecule is CN(C)C(=O)Nc1ccc(C2CCC(=NOC3CCN(C(=O)OC(C)(C)C)CC3)CC2)cc1F. The number of rotatable bonds is 4. The van der Waals surface area contributed by atoms with Crippen LogP contribution in [0.2, 0.25) is 0 Å². The molecule has 34 heavy (non-hydrogen) atoms. The number of urea groups is 1. The fourth-order valence-electron chi connectivity index (χ4n) is 4.11. The Hall–Kier alpha value is -2.84. The molecule has 1 aromatic carbocycles. The van der Waals surface area contributed by atoms with Crippen LogP contribution in [0.25, 0.3) is 0 Å². The molecule has 0 radical (unpaired) electrons. The summed E-state index contributed by atoms with van der Waals surface area (Å²) in [6.45, 7) is 6.79. The van der Waals surface area contributed by atoms with Crippen LogP contribution in [0.5, 0.6) is 0 Å². The number of oxime groups is 1. The Morgan fingerprint density at radius 2 is 1.76 bits per heavy atom. The number of carbonyl (C=O) groups is 2. The summed E-state index contributed by atoms with van der Waals surface area (Å²) in [5, 5.41) is 6.96. The summed E-state index contributed by atoms with van der Waals surface area (Å²) in [7, 11) is 3.22. The number of amides is 3. The predicted octanol–water partition coefficient (Wildman–Crippen LogP) is 5.35. The van der Waals surface area contributed by atoms with Crippen LogP contribution < -0.4 is 5.32 Å². The molecule has 3 rings (SSSR count). The molecule has 0 atom stereocenters. The first kappa shape index (κ1) is 25.8. The van der Waals surface area contributed by atoms with E-state index in [0.29, 0.717) is 13.1 Å². The molecule has 188 valence electrons. The number of piperidine rings is 1. The first-order chi connectivity index (χ1) is 16.0. The van der Waals surface area contributed by atoms with E-state index in [2.05, 4.69) is 10.5 Å². The number of halogens is 1. The van der Waals surface area contributed by atoms with Gasteiger partial charge >= 0.3 is 12.1 Å². The summed E-state index contributed by atoms with van der Waals surface area (Å²) in [6, 6.07) is 4.67. The van der Waals surface area contributed by atoms with Crippen LogP contribution in [0.15, 0.2) is 23.4 Å². The van der Waals surface area contributed by atoms with Crippen LogP contribution in [-0.4, -0.2) is 66.5 Å². The van der Waals surface area contributed by atoms with Gasteiger partial charge in [0, 0.05) is 40.0 Å². The number of nitrogens with zero attached hydrogens (tertiary/aromatic N) is 3. The van der Waals surface area contributed by atoms with Gasteiger partial charge in [-0.3, -0.25) is 0 Å². The van der Waals surface area contributed by atoms with E-state index < -0.39 is 11.4 Å². The average Bonchev–Trinajstić information content (AvgIpc) is 2.78. The zero-order valence-corrected chi connectivity index (χ0v) is 20.9. The lowest BCUT2D eigenvalue weighted by atomic mass is 9.83. The molecule has 1 N–H and O–H groups in total. The largest absolute Gasteiger partial charge is 0.444 e. The molecular weight excluding hydrogens is 439 g/mol. The molecule has 1 heterocycles. The fraction of sp³-hybridized carbons (Fsp3) is 0.640. The zero-order chi connectivity index (χ0) is 24.9. The third-order valence-corrected chi connectivity index (χ3v) is 6.10. The Balaban J connectivity index is 1.44. The predicted molar refractivity (Wildman–Crippen MR) is 130 cm³/mol. The Morgan fingerprint density at radius 3 is 2.32 bits per heavy atom. The number of carbonyl (C=O) groups excluding carboxylic acids is 2. The van der Waals surface area contributed by atoms with Crippen molar-refractivity contribution in [2.45, 2.75) is 76.9 Å². The smallest absolute Gasteiger partial charge is 0.410 e. The second-order valence-electron chi connectivity index (χ2n) is 10.3.